The van der Waals surface area contributed by atoms with Gasteiger partial charge in [-0.2, -0.15) is 0 Å². The maximum Gasteiger partial charge on any atom is 0.137 e. The first kappa shape index (κ1) is 12.3. The summed E-state index contributed by atoms with van der Waals surface area (Å²) < 4.78 is 5.89. The molecule has 1 unspecified atom stereocenters. The van der Waals surface area contributed by atoms with Gasteiger partial charge in [0.2, 0.25) is 0 Å². The number of rotatable bonds is 2. The Bertz CT molecular complexity index is 732. The molecule has 1 aromatic heterocycles. The van der Waals surface area contributed by atoms with Crippen molar-refractivity contribution in [2.45, 2.75) is 13.0 Å². The molecule has 0 aliphatic rings. The van der Waals surface area contributed by atoms with Crippen molar-refractivity contribution in [1.29, 1.82) is 0 Å². The molecule has 2 aromatic carbocycles. The Morgan fingerprint density at radius 2 is 1.89 bits per heavy atom. The Hall–Kier alpha value is -1.77. The van der Waals surface area contributed by atoms with Crippen molar-refractivity contribution in [3.8, 4) is 0 Å². The summed E-state index contributed by atoms with van der Waals surface area (Å²) in [7, 11) is 0. The SMILES string of the molecule is Cc1cccc2cc(C(N)c3cccc(Cl)c3)oc12. The van der Waals surface area contributed by atoms with Crippen LogP contribution in [-0.2, 0) is 0 Å². The predicted molar refractivity (Wildman–Crippen MR) is 78.4 cm³/mol. The van der Waals surface area contributed by atoms with Gasteiger partial charge in [0.15, 0.2) is 0 Å². The van der Waals surface area contributed by atoms with Gasteiger partial charge in [-0.15, -0.1) is 0 Å². The van der Waals surface area contributed by atoms with Crippen LogP contribution < -0.4 is 5.73 Å². The number of furan rings is 1. The third kappa shape index (κ3) is 2.25. The minimum atomic E-state index is -0.300. The zero-order valence-corrected chi connectivity index (χ0v) is 11.3. The molecule has 2 N–H and O–H groups in total. The number of benzene rings is 2. The summed E-state index contributed by atoms with van der Waals surface area (Å²) in [5, 5.41) is 1.76. The molecule has 0 fully saturated rings. The zero-order valence-electron chi connectivity index (χ0n) is 10.6. The molecule has 0 bridgehead atoms. The summed E-state index contributed by atoms with van der Waals surface area (Å²) in [6.07, 6.45) is 0. The van der Waals surface area contributed by atoms with E-state index in [2.05, 4.69) is 0 Å². The highest BCUT2D eigenvalue weighted by atomic mass is 35.5. The van der Waals surface area contributed by atoms with Gasteiger partial charge in [0, 0.05) is 10.4 Å². The van der Waals surface area contributed by atoms with E-state index in [1.54, 1.807) is 0 Å². The highest BCUT2D eigenvalue weighted by Gasteiger charge is 2.15. The number of hydrogen-bond donors (Lipinski definition) is 1. The third-order valence-electron chi connectivity index (χ3n) is 3.27. The van der Waals surface area contributed by atoms with Crippen molar-refractivity contribution in [3.05, 3.63) is 70.4 Å². The van der Waals surface area contributed by atoms with E-state index in [1.807, 2.05) is 55.5 Å². The van der Waals surface area contributed by atoms with Crippen LogP contribution in [0.3, 0.4) is 0 Å². The maximum atomic E-state index is 6.25. The molecule has 19 heavy (non-hydrogen) atoms. The van der Waals surface area contributed by atoms with Crippen LogP contribution in [0.15, 0.2) is 52.9 Å². The molecule has 2 nitrogen and oxygen atoms in total. The van der Waals surface area contributed by atoms with Gasteiger partial charge in [0.25, 0.3) is 0 Å². The number of fused-ring (bicyclic) bond motifs is 1. The number of aryl methyl sites for hydroxylation is 1. The standard InChI is InChI=1S/C16H14ClNO/c1-10-4-2-6-12-9-14(19-16(10)12)15(18)11-5-3-7-13(17)8-11/h2-9,15H,18H2,1H3. The normalized spacial score (nSPS) is 12.8. The average molecular weight is 272 g/mol. The largest absolute Gasteiger partial charge is 0.459 e. The van der Waals surface area contributed by atoms with Crippen LogP contribution in [0.1, 0.15) is 22.9 Å². The summed E-state index contributed by atoms with van der Waals surface area (Å²) >= 11 is 5.99. The summed E-state index contributed by atoms with van der Waals surface area (Å²) in [4.78, 5) is 0. The lowest BCUT2D eigenvalue weighted by Crippen LogP contribution is -2.10. The Kier molecular flexibility index (Phi) is 3.05. The average Bonchev–Trinajstić information content (AvgIpc) is 2.83. The van der Waals surface area contributed by atoms with Gasteiger partial charge in [-0.25, -0.2) is 0 Å². The van der Waals surface area contributed by atoms with Crippen molar-refractivity contribution < 1.29 is 4.42 Å². The Morgan fingerprint density at radius 1 is 1.11 bits per heavy atom. The fourth-order valence-electron chi connectivity index (χ4n) is 2.25. The van der Waals surface area contributed by atoms with Gasteiger partial charge in [-0.05, 0) is 36.2 Å². The zero-order chi connectivity index (χ0) is 13.4. The topological polar surface area (TPSA) is 39.2 Å². The fraction of sp³-hybridized carbons (Fsp3) is 0.125. The first-order valence-corrected chi connectivity index (χ1v) is 6.53. The Morgan fingerprint density at radius 3 is 2.63 bits per heavy atom. The number of hydrogen-bond acceptors (Lipinski definition) is 2. The fourth-order valence-corrected chi connectivity index (χ4v) is 2.45. The molecule has 1 heterocycles. The molecule has 96 valence electrons. The lowest BCUT2D eigenvalue weighted by Gasteiger charge is -2.09. The van der Waals surface area contributed by atoms with Gasteiger partial charge < -0.3 is 10.2 Å². The molecule has 1 atom stereocenters. The minimum Gasteiger partial charge on any atom is -0.459 e. The van der Waals surface area contributed by atoms with Crippen molar-refractivity contribution in [1.82, 2.24) is 0 Å². The van der Waals surface area contributed by atoms with E-state index in [0.29, 0.717) is 5.02 Å². The van der Waals surface area contributed by atoms with E-state index in [-0.39, 0.29) is 6.04 Å². The van der Waals surface area contributed by atoms with Gasteiger partial charge in [0.1, 0.15) is 11.3 Å². The van der Waals surface area contributed by atoms with E-state index in [9.17, 15) is 0 Å². The second-order valence-corrected chi connectivity index (χ2v) is 5.11. The number of halogens is 1. The van der Waals surface area contributed by atoms with Crippen molar-refractivity contribution >= 4 is 22.6 Å². The van der Waals surface area contributed by atoms with E-state index in [1.165, 1.54) is 0 Å². The molecule has 0 amide bonds. The summed E-state index contributed by atoms with van der Waals surface area (Å²) in [5.41, 5.74) is 9.21. The molecule has 0 saturated carbocycles. The van der Waals surface area contributed by atoms with E-state index in [0.717, 1.165) is 27.9 Å². The Balaban J connectivity index is 2.06. The highest BCUT2D eigenvalue weighted by molar-refractivity contribution is 6.30. The summed E-state index contributed by atoms with van der Waals surface area (Å²) in [6, 6.07) is 15.3. The molecule has 0 aliphatic carbocycles. The Labute approximate surface area is 116 Å². The van der Waals surface area contributed by atoms with Crippen LogP contribution in [0.5, 0.6) is 0 Å². The van der Waals surface area contributed by atoms with Gasteiger partial charge in [-0.3, -0.25) is 0 Å². The molecule has 0 spiro atoms. The van der Waals surface area contributed by atoms with Crippen LogP contribution in [0.25, 0.3) is 11.0 Å². The summed E-state index contributed by atoms with van der Waals surface area (Å²) in [6.45, 7) is 2.03. The lowest BCUT2D eigenvalue weighted by atomic mass is 10.1. The molecule has 0 aliphatic heterocycles. The molecular weight excluding hydrogens is 258 g/mol. The van der Waals surface area contributed by atoms with E-state index >= 15 is 0 Å². The van der Waals surface area contributed by atoms with E-state index < -0.39 is 0 Å². The van der Waals surface area contributed by atoms with Gasteiger partial charge in [0.05, 0.1) is 6.04 Å². The molecule has 3 rings (SSSR count). The highest BCUT2D eigenvalue weighted by Crippen LogP contribution is 2.29. The number of para-hydroxylation sites is 1. The maximum absolute atomic E-state index is 6.25. The molecular formula is C16H14ClNO. The smallest absolute Gasteiger partial charge is 0.137 e. The quantitative estimate of drug-likeness (QED) is 0.748. The van der Waals surface area contributed by atoms with Crippen molar-refractivity contribution in [3.63, 3.8) is 0 Å². The van der Waals surface area contributed by atoms with Gasteiger partial charge in [-0.1, -0.05) is 41.9 Å². The van der Waals surface area contributed by atoms with Crippen LogP contribution in [0.4, 0.5) is 0 Å². The van der Waals surface area contributed by atoms with Crippen LogP contribution in [0.2, 0.25) is 5.02 Å². The van der Waals surface area contributed by atoms with Gasteiger partial charge >= 0.3 is 0 Å². The molecule has 0 saturated heterocycles. The second-order valence-electron chi connectivity index (χ2n) is 4.67. The van der Waals surface area contributed by atoms with E-state index in [4.69, 9.17) is 21.8 Å². The van der Waals surface area contributed by atoms with Crippen molar-refractivity contribution in [2.75, 3.05) is 0 Å². The lowest BCUT2D eigenvalue weighted by molar-refractivity contribution is 0.523. The summed E-state index contributed by atoms with van der Waals surface area (Å²) in [5.74, 6) is 0.756. The molecule has 3 aromatic rings. The monoisotopic (exact) mass is 271 g/mol. The third-order valence-corrected chi connectivity index (χ3v) is 3.51. The molecule has 3 heteroatoms. The van der Waals surface area contributed by atoms with Crippen molar-refractivity contribution in [2.24, 2.45) is 5.73 Å². The van der Waals surface area contributed by atoms with Crippen LogP contribution >= 0.6 is 11.6 Å². The number of nitrogens with two attached hydrogens (primary N) is 1. The first-order chi connectivity index (χ1) is 9.15. The second kappa shape index (κ2) is 4.72. The molecule has 0 radical (unpaired) electrons. The first-order valence-electron chi connectivity index (χ1n) is 6.15. The predicted octanol–water partition coefficient (Wildman–Crippen LogP) is 4.44. The van der Waals surface area contributed by atoms with Crippen LogP contribution in [-0.4, -0.2) is 0 Å². The minimum absolute atomic E-state index is 0.300. The van der Waals surface area contributed by atoms with Crippen LogP contribution in [0, 0.1) is 6.92 Å².